The summed E-state index contributed by atoms with van der Waals surface area (Å²) in [4.78, 5) is 13.8. The lowest BCUT2D eigenvalue weighted by atomic mass is 10.2. The molecular formula is C14H15N2OS+. The summed E-state index contributed by atoms with van der Waals surface area (Å²) in [6.45, 7) is 3.74. The number of thiazole rings is 1. The van der Waals surface area contributed by atoms with Crippen molar-refractivity contribution in [3.8, 4) is 5.69 Å². The number of rotatable bonds is 0. The Balaban J connectivity index is 2.27. The van der Waals surface area contributed by atoms with Crippen LogP contribution >= 0.6 is 11.3 Å². The number of aromatic nitrogens is 1. The van der Waals surface area contributed by atoms with Gasteiger partial charge in [0.05, 0.1) is 11.8 Å². The summed E-state index contributed by atoms with van der Waals surface area (Å²) in [5.41, 5.74) is 2.09. The van der Waals surface area contributed by atoms with Crippen LogP contribution in [0.15, 0.2) is 35.8 Å². The molecule has 0 saturated heterocycles. The van der Waals surface area contributed by atoms with Crippen LogP contribution in [0.2, 0.25) is 0 Å². The Labute approximate surface area is 110 Å². The summed E-state index contributed by atoms with van der Waals surface area (Å²) in [6.07, 6.45) is 2.97. The Morgan fingerprint density at radius 3 is 3.00 bits per heavy atom. The zero-order valence-corrected chi connectivity index (χ0v) is 11.3. The first-order chi connectivity index (χ1) is 8.68. The van der Waals surface area contributed by atoms with Gasteiger partial charge in [-0.2, -0.15) is 4.57 Å². The van der Waals surface area contributed by atoms with Gasteiger partial charge in [-0.05, 0) is 13.0 Å². The van der Waals surface area contributed by atoms with Crippen molar-refractivity contribution < 1.29 is 9.36 Å². The van der Waals surface area contributed by atoms with E-state index in [0.717, 1.165) is 17.8 Å². The Morgan fingerprint density at radius 2 is 2.22 bits per heavy atom. The highest BCUT2D eigenvalue weighted by Crippen LogP contribution is 2.28. The van der Waals surface area contributed by atoms with Crippen LogP contribution in [0, 0.1) is 0 Å². The quantitative estimate of drug-likeness (QED) is 0.666. The molecule has 1 aromatic carbocycles. The van der Waals surface area contributed by atoms with Gasteiger partial charge in [-0.1, -0.05) is 23.5 Å². The minimum Gasteiger partial charge on any atom is -0.303 e. The molecule has 3 rings (SSSR count). The maximum absolute atomic E-state index is 11.9. The molecule has 1 aliphatic heterocycles. The van der Waals surface area contributed by atoms with Gasteiger partial charge in [-0.25, -0.2) is 0 Å². The van der Waals surface area contributed by atoms with Crippen molar-refractivity contribution >= 4 is 22.9 Å². The number of hydrogen-bond donors (Lipinski definition) is 0. The van der Waals surface area contributed by atoms with Crippen LogP contribution in [0.5, 0.6) is 0 Å². The van der Waals surface area contributed by atoms with E-state index in [4.69, 9.17) is 0 Å². The van der Waals surface area contributed by atoms with E-state index in [1.165, 1.54) is 5.01 Å². The molecule has 0 radical (unpaired) electrons. The number of carbonyl (C=O) groups is 1. The van der Waals surface area contributed by atoms with Crippen LogP contribution in [0.3, 0.4) is 0 Å². The first-order valence-electron chi connectivity index (χ1n) is 6.05. The van der Waals surface area contributed by atoms with Gasteiger partial charge >= 0.3 is 0 Å². The fourth-order valence-electron chi connectivity index (χ4n) is 2.60. The van der Waals surface area contributed by atoms with Crippen molar-refractivity contribution in [2.45, 2.75) is 26.3 Å². The Bertz CT molecular complexity index is 605. The molecule has 1 aliphatic rings. The highest BCUT2D eigenvalue weighted by atomic mass is 32.1. The SMILES string of the molecule is CC(=O)N1c2ccccc2-[n+]2ccsc2C[C@H]1C. The third kappa shape index (κ3) is 1.64. The summed E-state index contributed by atoms with van der Waals surface area (Å²) >= 11 is 1.74. The monoisotopic (exact) mass is 259 g/mol. The molecule has 3 nitrogen and oxygen atoms in total. The molecule has 0 spiro atoms. The minimum atomic E-state index is 0.103. The second-order valence-electron chi connectivity index (χ2n) is 4.60. The summed E-state index contributed by atoms with van der Waals surface area (Å²) in [6, 6.07) is 8.28. The number of hydrogen-bond acceptors (Lipinski definition) is 2. The standard InChI is InChI=1S/C14H15N2OS/c1-10-9-14-15(7-8-18-14)12-5-3-4-6-13(12)16(10)11(2)17/h3-8,10H,9H2,1-2H3/q+1/t10-/m1/s1. The molecule has 0 unspecified atom stereocenters. The van der Waals surface area contributed by atoms with Crippen molar-refractivity contribution in [1.29, 1.82) is 0 Å². The normalized spacial score (nSPS) is 17.9. The summed E-state index contributed by atoms with van der Waals surface area (Å²) < 4.78 is 2.19. The zero-order valence-electron chi connectivity index (χ0n) is 10.5. The number of anilines is 1. The lowest BCUT2D eigenvalue weighted by molar-refractivity contribution is -0.597. The summed E-state index contributed by atoms with van der Waals surface area (Å²) in [5.74, 6) is 0.103. The first kappa shape index (κ1) is 11.4. The molecule has 1 aromatic heterocycles. The summed E-state index contributed by atoms with van der Waals surface area (Å²) in [7, 11) is 0. The highest BCUT2D eigenvalue weighted by Gasteiger charge is 2.32. The largest absolute Gasteiger partial charge is 0.303 e. The van der Waals surface area contributed by atoms with E-state index >= 15 is 0 Å². The van der Waals surface area contributed by atoms with Gasteiger partial charge in [0.15, 0.2) is 6.20 Å². The molecule has 2 aromatic rings. The Kier molecular flexibility index (Phi) is 2.67. The Hall–Kier alpha value is -1.68. The second-order valence-corrected chi connectivity index (χ2v) is 5.58. The molecular weight excluding hydrogens is 244 g/mol. The Morgan fingerprint density at radius 1 is 1.44 bits per heavy atom. The number of fused-ring (bicyclic) bond motifs is 3. The predicted molar refractivity (Wildman–Crippen MR) is 72.2 cm³/mol. The maximum atomic E-state index is 11.9. The van der Waals surface area contributed by atoms with Gasteiger partial charge in [0.2, 0.25) is 16.6 Å². The number of benzene rings is 1. The fraction of sp³-hybridized carbons (Fsp3) is 0.286. The smallest absolute Gasteiger partial charge is 0.245 e. The van der Waals surface area contributed by atoms with Crippen LogP contribution in [0.1, 0.15) is 18.9 Å². The third-order valence-electron chi connectivity index (χ3n) is 3.33. The minimum absolute atomic E-state index is 0.103. The van der Waals surface area contributed by atoms with Crippen molar-refractivity contribution in [1.82, 2.24) is 0 Å². The van der Waals surface area contributed by atoms with Gasteiger partial charge in [0, 0.05) is 19.0 Å². The van der Waals surface area contributed by atoms with Gasteiger partial charge in [0.25, 0.3) is 0 Å². The predicted octanol–water partition coefficient (Wildman–Crippen LogP) is 2.32. The van der Waals surface area contributed by atoms with E-state index in [-0.39, 0.29) is 11.9 Å². The van der Waals surface area contributed by atoms with E-state index in [9.17, 15) is 4.79 Å². The van der Waals surface area contributed by atoms with E-state index in [2.05, 4.69) is 29.1 Å². The summed E-state index contributed by atoms with van der Waals surface area (Å²) in [5, 5.41) is 3.39. The molecule has 2 heterocycles. The fourth-order valence-corrected chi connectivity index (χ4v) is 3.55. The molecule has 1 amide bonds. The van der Waals surface area contributed by atoms with Crippen LogP contribution in [-0.4, -0.2) is 11.9 Å². The second kappa shape index (κ2) is 4.21. The number of para-hydroxylation sites is 2. The van der Waals surface area contributed by atoms with E-state index < -0.39 is 0 Å². The van der Waals surface area contributed by atoms with Crippen LogP contribution in [0.25, 0.3) is 5.69 Å². The lowest BCUT2D eigenvalue weighted by Crippen LogP contribution is -2.37. The molecule has 4 heteroatoms. The molecule has 0 aliphatic carbocycles. The van der Waals surface area contributed by atoms with E-state index in [1.807, 2.05) is 23.1 Å². The maximum Gasteiger partial charge on any atom is 0.245 e. The lowest BCUT2D eigenvalue weighted by Gasteiger charge is -2.25. The van der Waals surface area contributed by atoms with E-state index in [0.29, 0.717) is 0 Å². The molecule has 1 atom stereocenters. The third-order valence-corrected chi connectivity index (χ3v) is 4.23. The van der Waals surface area contributed by atoms with Crippen LogP contribution in [-0.2, 0) is 11.2 Å². The van der Waals surface area contributed by atoms with Crippen LogP contribution in [0.4, 0.5) is 5.69 Å². The number of nitrogens with zero attached hydrogens (tertiary/aromatic N) is 2. The van der Waals surface area contributed by atoms with Gasteiger partial charge in [0.1, 0.15) is 5.69 Å². The molecule has 0 fully saturated rings. The van der Waals surface area contributed by atoms with Gasteiger partial charge in [-0.3, -0.25) is 4.79 Å². The van der Waals surface area contributed by atoms with Crippen molar-refractivity contribution in [2.24, 2.45) is 0 Å². The van der Waals surface area contributed by atoms with Gasteiger partial charge in [-0.15, -0.1) is 0 Å². The van der Waals surface area contributed by atoms with E-state index in [1.54, 1.807) is 18.3 Å². The molecule has 0 N–H and O–H groups in total. The first-order valence-corrected chi connectivity index (χ1v) is 6.93. The van der Waals surface area contributed by atoms with Gasteiger partial charge < -0.3 is 4.90 Å². The number of carbonyl (C=O) groups excluding carboxylic acids is 1. The average molecular weight is 259 g/mol. The molecule has 18 heavy (non-hydrogen) atoms. The average Bonchev–Trinajstić information content (AvgIpc) is 2.73. The molecule has 92 valence electrons. The topological polar surface area (TPSA) is 24.2 Å². The van der Waals surface area contributed by atoms with Crippen LogP contribution < -0.4 is 9.47 Å². The molecule has 0 bridgehead atoms. The van der Waals surface area contributed by atoms with Crippen molar-refractivity contribution in [2.75, 3.05) is 4.90 Å². The van der Waals surface area contributed by atoms with Crippen molar-refractivity contribution in [3.63, 3.8) is 0 Å². The van der Waals surface area contributed by atoms with Crippen molar-refractivity contribution in [3.05, 3.63) is 40.8 Å². The highest BCUT2D eigenvalue weighted by molar-refractivity contribution is 7.09. The molecule has 0 saturated carbocycles. The zero-order chi connectivity index (χ0) is 12.7. The number of amides is 1.